The van der Waals surface area contributed by atoms with Gasteiger partial charge in [-0.2, -0.15) is 0 Å². The molecule has 0 spiro atoms. The van der Waals surface area contributed by atoms with Crippen molar-refractivity contribution in [2.24, 2.45) is 26.4 Å². The van der Waals surface area contributed by atoms with E-state index in [0.29, 0.717) is 26.2 Å². The van der Waals surface area contributed by atoms with Gasteiger partial charge < -0.3 is 26.0 Å². The fraction of sp³-hybridized carbons (Fsp3) is 0.455. The Bertz CT molecular complexity index is 888. The third kappa shape index (κ3) is 6.39. The monoisotopic (exact) mass is 425 g/mol. The summed E-state index contributed by atoms with van der Waals surface area (Å²) in [6.45, 7) is 7.91. The molecule has 0 bridgehead atoms. The molecule has 0 aromatic heterocycles. The number of aliphatic imine (C=N–C) groups is 3. The fourth-order valence-corrected chi connectivity index (χ4v) is 3.41. The summed E-state index contributed by atoms with van der Waals surface area (Å²) >= 11 is 0. The van der Waals surface area contributed by atoms with Crippen molar-refractivity contribution in [1.29, 1.82) is 0 Å². The largest absolute Gasteiger partial charge is 0.458 e. The number of hydrogen-bond acceptors (Lipinski definition) is 8. The zero-order chi connectivity index (χ0) is 22.2. The minimum Gasteiger partial charge on any atom is -0.458 e. The van der Waals surface area contributed by atoms with Crippen LogP contribution in [0.2, 0.25) is 0 Å². The molecule has 1 fully saturated rings. The van der Waals surface area contributed by atoms with E-state index in [1.165, 1.54) is 0 Å². The van der Waals surface area contributed by atoms with Gasteiger partial charge in [-0.05, 0) is 37.6 Å². The topological polar surface area (TPSA) is 122 Å². The summed E-state index contributed by atoms with van der Waals surface area (Å²) in [4.78, 5) is 29.2. The molecule has 0 saturated carbocycles. The van der Waals surface area contributed by atoms with Crippen LogP contribution in [0.4, 0.5) is 0 Å². The second-order valence-corrected chi connectivity index (χ2v) is 7.52. The maximum Gasteiger partial charge on any atom is 0.282 e. The normalized spacial score (nSPS) is 26.7. The Balaban J connectivity index is 1.59. The SMILES string of the molecule is C/C(=C\N=C1C=CC(C2=C/CN=C(N)OC(C)/C=C\2)=NC1)N1CCN(C(=O)CN)CC1. The van der Waals surface area contributed by atoms with Crippen molar-refractivity contribution < 1.29 is 9.53 Å². The van der Waals surface area contributed by atoms with Gasteiger partial charge in [0.15, 0.2) is 0 Å². The van der Waals surface area contributed by atoms with E-state index in [-0.39, 0.29) is 24.6 Å². The average molecular weight is 426 g/mol. The Morgan fingerprint density at radius 2 is 1.97 bits per heavy atom. The van der Waals surface area contributed by atoms with E-state index in [1.54, 1.807) is 0 Å². The van der Waals surface area contributed by atoms with Crippen molar-refractivity contribution in [3.63, 3.8) is 0 Å². The van der Waals surface area contributed by atoms with Crippen LogP contribution in [0.1, 0.15) is 13.8 Å². The van der Waals surface area contributed by atoms with Crippen molar-refractivity contribution in [2.45, 2.75) is 20.0 Å². The van der Waals surface area contributed by atoms with E-state index in [4.69, 9.17) is 16.2 Å². The van der Waals surface area contributed by atoms with E-state index in [9.17, 15) is 4.79 Å². The van der Waals surface area contributed by atoms with Crippen molar-refractivity contribution in [3.8, 4) is 0 Å². The first-order valence-corrected chi connectivity index (χ1v) is 10.5. The third-order valence-electron chi connectivity index (χ3n) is 5.28. The third-order valence-corrected chi connectivity index (χ3v) is 5.28. The van der Waals surface area contributed by atoms with Gasteiger partial charge in [0.1, 0.15) is 6.10 Å². The first-order valence-electron chi connectivity index (χ1n) is 10.5. The second-order valence-electron chi connectivity index (χ2n) is 7.52. The van der Waals surface area contributed by atoms with Crippen LogP contribution < -0.4 is 11.5 Å². The lowest BCUT2D eigenvalue weighted by molar-refractivity contribution is -0.131. The molecule has 1 saturated heterocycles. The van der Waals surface area contributed by atoms with Crippen LogP contribution >= 0.6 is 0 Å². The van der Waals surface area contributed by atoms with Gasteiger partial charge in [0.05, 0.1) is 31.1 Å². The number of nitrogens with zero attached hydrogens (tertiary/aromatic N) is 5. The summed E-state index contributed by atoms with van der Waals surface area (Å²) in [5.74, 6) is 0.00432. The predicted molar refractivity (Wildman–Crippen MR) is 124 cm³/mol. The van der Waals surface area contributed by atoms with Crippen LogP contribution in [0.3, 0.4) is 0 Å². The van der Waals surface area contributed by atoms with Gasteiger partial charge in [-0.15, -0.1) is 0 Å². The molecule has 0 radical (unpaired) electrons. The van der Waals surface area contributed by atoms with Gasteiger partial charge in [0.25, 0.3) is 6.02 Å². The molecule has 3 heterocycles. The second kappa shape index (κ2) is 10.7. The first kappa shape index (κ1) is 22.5. The zero-order valence-corrected chi connectivity index (χ0v) is 18.2. The molecule has 1 atom stereocenters. The molecule has 0 aliphatic carbocycles. The summed E-state index contributed by atoms with van der Waals surface area (Å²) in [6, 6.07) is 0.194. The molecule has 3 aliphatic heterocycles. The molecule has 3 aliphatic rings. The predicted octanol–water partition coefficient (Wildman–Crippen LogP) is 0.618. The quantitative estimate of drug-likeness (QED) is 0.684. The highest BCUT2D eigenvalue weighted by Crippen LogP contribution is 2.12. The summed E-state index contributed by atoms with van der Waals surface area (Å²) in [5, 5.41) is 0. The number of amides is 1. The molecule has 166 valence electrons. The van der Waals surface area contributed by atoms with Gasteiger partial charge in [0, 0.05) is 38.1 Å². The standard InChI is InChI=1S/C22H31N7O2/c1-16(28-9-11-29(12-10-28)21(30)13-23)14-26-19-5-6-20(27-15-19)18-4-3-17(2)31-22(24)25-8-7-18/h3-7,14,17H,8-13,15,23H2,1-2H3,(H2,24,25)/b4-3-,16-14+,18-7+,26-19?. The Hall–Kier alpha value is -3.20. The van der Waals surface area contributed by atoms with Crippen LogP contribution in [0.15, 0.2) is 62.8 Å². The van der Waals surface area contributed by atoms with Crippen LogP contribution in [0.5, 0.6) is 0 Å². The fourth-order valence-electron chi connectivity index (χ4n) is 3.41. The summed E-state index contributed by atoms with van der Waals surface area (Å²) in [6.07, 6.45) is 11.6. The number of amidine groups is 1. The molecule has 1 unspecified atom stereocenters. The lowest BCUT2D eigenvalue weighted by atomic mass is 10.1. The molecule has 3 rings (SSSR count). The molecule has 9 heteroatoms. The van der Waals surface area contributed by atoms with Gasteiger partial charge in [-0.25, -0.2) is 4.99 Å². The molecule has 31 heavy (non-hydrogen) atoms. The number of hydrogen-bond donors (Lipinski definition) is 2. The first-order chi connectivity index (χ1) is 15.0. The maximum absolute atomic E-state index is 11.7. The number of ether oxygens (including phenoxy) is 1. The van der Waals surface area contributed by atoms with Crippen molar-refractivity contribution >= 4 is 23.4 Å². The van der Waals surface area contributed by atoms with E-state index < -0.39 is 0 Å². The number of carbonyl (C=O) groups is 1. The van der Waals surface area contributed by atoms with Gasteiger partial charge in [-0.1, -0.05) is 12.2 Å². The lowest BCUT2D eigenvalue weighted by Gasteiger charge is -2.36. The minimum absolute atomic E-state index is 0.00432. The Kier molecular flexibility index (Phi) is 7.77. The van der Waals surface area contributed by atoms with E-state index >= 15 is 0 Å². The Morgan fingerprint density at radius 3 is 2.65 bits per heavy atom. The zero-order valence-electron chi connectivity index (χ0n) is 18.2. The smallest absolute Gasteiger partial charge is 0.282 e. The van der Waals surface area contributed by atoms with Crippen LogP contribution in [-0.4, -0.2) is 85.1 Å². The van der Waals surface area contributed by atoms with E-state index in [1.807, 2.05) is 55.3 Å². The van der Waals surface area contributed by atoms with E-state index in [2.05, 4.69) is 19.9 Å². The van der Waals surface area contributed by atoms with Gasteiger partial charge >= 0.3 is 0 Å². The Morgan fingerprint density at radius 1 is 1.23 bits per heavy atom. The molecule has 9 nitrogen and oxygen atoms in total. The summed E-state index contributed by atoms with van der Waals surface area (Å²) in [5.41, 5.74) is 15.0. The molecule has 0 aromatic carbocycles. The van der Waals surface area contributed by atoms with Crippen LogP contribution in [-0.2, 0) is 9.53 Å². The Labute approximate surface area is 183 Å². The number of carbonyl (C=O) groups excluding carboxylic acids is 1. The lowest BCUT2D eigenvalue weighted by Crippen LogP contribution is -2.49. The molecule has 0 aromatic rings. The number of dihydropyridines is 1. The minimum atomic E-state index is -0.154. The maximum atomic E-state index is 11.7. The van der Waals surface area contributed by atoms with E-state index in [0.717, 1.165) is 35.8 Å². The summed E-state index contributed by atoms with van der Waals surface area (Å²) < 4.78 is 5.45. The van der Waals surface area contributed by atoms with Crippen molar-refractivity contribution in [1.82, 2.24) is 9.80 Å². The van der Waals surface area contributed by atoms with Crippen molar-refractivity contribution in [2.75, 3.05) is 45.8 Å². The highest BCUT2D eigenvalue weighted by molar-refractivity contribution is 6.16. The number of nitrogens with two attached hydrogens (primary N) is 2. The van der Waals surface area contributed by atoms with Gasteiger partial charge in [0.2, 0.25) is 5.91 Å². The molecular formula is C22H31N7O2. The van der Waals surface area contributed by atoms with Gasteiger partial charge in [-0.3, -0.25) is 14.8 Å². The average Bonchev–Trinajstić information content (AvgIpc) is 2.87. The molecule has 1 amide bonds. The molecular weight excluding hydrogens is 394 g/mol. The highest BCUT2D eigenvalue weighted by atomic mass is 16.5. The van der Waals surface area contributed by atoms with Crippen LogP contribution in [0.25, 0.3) is 0 Å². The van der Waals surface area contributed by atoms with Crippen LogP contribution in [0, 0.1) is 0 Å². The number of allylic oxidation sites excluding steroid dienone is 4. The summed E-state index contributed by atoms with van der Waals surface area (Å²) in [7, 11) is 0. The highest BCUT2D eigenvalue weighted by Gasteiger charge is 2.20. The van der Waals surface area contributed by atoms with Crippen molar-refractivity contribution in [3.05, 3.63) is 47.9 Å². The number of rotatable bonds is 4. The number of piperazine rings is 1. The molecule has 4 N–H and O–H groups in total.